The van der Waals surface area contributed by atoms with Gasteiger partial charge >= 0.3 is 0 Å². The summed E-state index contributed by atoms with van der Waals surface area (Å²) in [5, 5.41) is 10.9. The highest BCUT2D eigenvalue weighted by Crippen LogP contribution is 2.67. The lowest BCUT2D eigenvalue weighted by Gasteiger charge is -2.59. The van der Waals surface area contributed by atoms with E-state index in [2.05, 4.69) is 121 Å². The van der Waals surface area contributed by atoms with E-state index in [1.54, 1.807) is 11.1 Å². The van der Waals surface area contributed by atoms with E-state index in [0.29, 0.717) is 49.4 Å². The third-order valence-corrected chi connectivity index (χ3v) is 24.3. The third-order valence-electron chi connectivity index (χ3n) is 15.3. The number of hydrogen-bond donors (Lipinski definition) is 0. The Morgan fingerprint density at radius 3 is 2.06 bits per heavy atom. The van der Waals surface area contributed by atoms with Gasteiger partial charge in [0.05, 0.1) is 31.5 Å². The Bertz CT molecular complexity index is 1320. The highest BCUT2D eigenvalue weighted by Gasteiger charge is 2.61. The summed E-state index contributed by atoms with van der Waals surface area (Å²) in [7, 11) is -4.00. The quantitative estimate of drug-likeness (QED) is 0.131. The maximum absolute atomic E-state index is 10.6. The van der Waals surface area contributed by atoms with Crippen molar-refractivity contribution in [2.24, 2.45) is 40.4 Å². The van der Waals surface area contributed by atoms with Crippen molar-refractivity contribution in [1.82, 2.24) is 0 Å². The maximum atomic E-state index is 10.6. The van der Waals surface area contributed by atoms with Gasteiger partial charge in [-0.2, -0.15) is 5.26 Å². The Kier molecular flexibility index (Phi) is 13.0. The van der Waals surface area contributed by atoms with Crippen molar-refractivity contribution in [2.75, 3.05) is 19.8 Å². The van der Waals surface area contributed by atoms with Gasteiger partial charge in [0.15, 0.2) is 22.2 Å². The summed E-state index contributed by atoms with van der Waals surface area (Å²) in [5.74, 6) is 2.46. The number of nitrogens with zero attached hydrogens (tertiary/aromatic N) is 1. The van der Waals surface area contributed by atoms with E-state index in [1.807, 2.05) is 6.92 Å². The summed E-state index contributed by atoms with van der Waals surface area (Å²) in [5.41, 5.74) is 2.72. The van der Waals surface area contributed by atoms with Crippen LogP contribution in [0.15, 0.2) is 23.3 Å². The van der Waals surface area contributed by atoms with Crippen molar-refractivity contribution in [3.8, 4) is 6.07 Å². The van der Waals surface area contributed by atoms with E-state index in [1.165, 1.54) is 25.7 Å². The molecule has 0 saturated heterocycles. The lowest BCUT2D eigenvalue weighted by Crippen LogP contribution is -2.58. The van der Waals surface area contributed by atoms with Gasteiger partial charge in [-0.25, -0.2) is 0 Å². The maximum Gasteiger partial charge on any atom is 0.192 e. The second-order valence-corrected chi connectivity index (χ2v) is 30.7. The van der Waals surface area contributed by atoms with Gasteiger partial charge < -0.3 is 18.3 Å². The molecule has 3 fully saturated rings. The Balaban J connectivity index is 1.65. The van der Waals surface area contributed by atoms with Gasteiger partial charge in [0.25, 0.3) is 0 Å². The van der Waals surface area contributed by atoms with Crippen molar-refractivity contribution >= 4 is 16.6 Å². The third kappa shape index (κ3) is 8.57. The molecular formula is C44H79NO4Si2. The molecule has 0 radical (unpaired) electrons. The fraction of sp³-hybridized carbons (Fsp3) is 0.886. The largest absolute Gasteiger partial charge is 0.414 e. The molecule has 0 aromatic heterocycles. The summed E-state index contributed by atoms with van der Waals surface area (Å²) in [6.45, 7) is 39.7. The first kappa shape index (κ1) is 43.0. The summed E-state index contributed by atoms with van der Waals surface area (Å²) in [6.07, 6.45) is 14.0. The average Bonchev–Trinajstić information content (AvgIpc) is 3.35. The Morgan fingerprint density at radius 1 is 0.863 bits per heavy atom. The van der Waals surface area contributed by atoms with E-state index >= 15 is 0 Å². The van der Waals surface area contributed by atoms with E-state index in [4.69, 9.17) is 18.3 Å². The SMILES string of the molecule is CCOCCOC(C#N)(CC(C)C)C[C@@H](C)[C@H]1CC[C@H]2C3=CC=C4C[C@@H](O[Si](C)(C)C(C)(C)C)C[C@H](O[Si](C)(C)C(C)(C)C)[C@]4(C)[C@H]3CC[C@]12C. The van der Waals surface area contributed by atoms with E-state index < -0.39 is 22.2 Å². The van der Waals surface area contributed by atoms with Gasteiger partial charge in [0, 0.05) is 12.0 Å². The number of rotatable bonds is 14. The first-order valence-electron chi connectivity index (χ1n) is 20.8. The molecule has 4 rings (SSSR count). The normalized spacial score (nSPS) is 33.4. The topological polar surface area (TPSA) is 60.7 Å². The van der Waals surface area contributed by atoms with Crippen molar-refractivity contribution in [2.45, 2.75) is 189 Å². The molecule has 4 aliphatic rings. The molecule has 0 bridgehead atoms. The van der Waals surface area contributed by atoms with Crippen LogP contribution in [0, 0.1) is 51.8 Å². The van der Waals surface area contributed by atoms with Gasteiger partial charge in [-0.1, -0.05) is 99.5 Å². The fourth-order valence-corrected chi connectivity index (χ4v) is 13.2. The van der Waals surface area contributed by atoms with Crippen LogP contribution in [0.5, 0.6) is 0 Å². The van der Waals surface area contributed by atoms with Gasteiger partial charge in [0.2, 0.25) is 0 Å². The summed E-state index contributed by atoms with van der Waals surface area (Å²) in [4.78, 5) is 0. The smallest absolute Gasteiger partial charge is 0.192 e. The van der Waals surface area contributed by atoms with Crippen LogP contribution in [-0.2, 0) is 18.3 Å². The van der Waals surface area contributed by atoms with E-state index in [9.17, 15) is 5.26 Å². The van der Waals surface area contributed by atoms with Gasteiger partial charge in [-0.05, 0) is 130 Å². The van der Waals surface area contributed by atoms with Crippen molar-refractivity contribution < 1.29 is 18.3 Å². The van der Waals surface area contributed by atoms with Crippen LogP contribution >= 0.6 is 0 Å². The van der Waals surface area contributed by atoms with Crippen LogP contribution in [0.25, 0.3) is 0 Å². The first-order chi connectivity index (χ1) is 23.4. The molecule has 0 spiro atoms. The Hall–Kier alpha value is -0.756. The molecule has 0 aromatic rings. The van der Waals surface area contributed by atoms with Gasteiger partial charge in [0.1, 0.15) is 0 Å². The minimum absolute atomic E-state index is 0.0143. The molecule has 4 aliphatic carbocycles. The van der Waals surface area contributed by atoms with Crippen LogP contribution < -0.4 is 0 Å². The number of allylic oxidation sites excluding steroid dienone is 3. The van der Waals surface area contributed by atoms with E-state index in [0.717, 1.165) is 25.7 Å². The highest BCUT2D eigenvalue weighted by atomic mass is 28.4. The number of fused-ring (bicyclic) bond motifs is 5. The standard InChI is InChI=1S/C44H79NO4Si2/c1-17-46-24-25-47-44(30-45,28-31(2)3)29-32(4)36-20-21-37-35-19-18-33-26-34(48-50(13,14)40(5,6)7)27-39(49-51(15,16)41(8,9)10)43(33,12)38(35)22-23-42(36,37)11/h18-19,31-32,34,36-39H,17,20-29H2,1-16H3/t32-,34-,36-,37+,38+,39+,42-,43+,44?/m1/s1. The number of hydrogen-bond acceptors (Lipinski definition) is 5. The molecule has 1 unspecified atom stereocenters. The highest BCUT2D eigenvalue weighted by molar-refractivity contribution is 6.74. The second kappa shape index (κ2) is 15.4. The van der Waals surface area contributed by atoms with Crippen molar-refractivity contribution in [3.05, 3.63) is 23.3 Å². The molecule has 3 saturated carbocycles. The fourth-order valence-electron chi connectivity index (χ4n) is 10.5. The molecule has 5 nitrogen and oxygen atoms in total. The van der Waals surface area contributed by atoms with Gasteiger partial charge in [-0.15, -0.1) is 0 Å². The van der Waals surface area contributed by atoms with Crippen LogP contribution in [0.1, 0.15) is 134 Å². The zero-order chi connectivity index (χ0) is 38.4. The molecule has 0 amide bonds. The zero-order valence-corrected chi connectivity index (χ0v) is 38.1. The molecule has 9 atom stereocenters. The van der Waals surface area contributed by atoms with Crippen LogP contribution in [0.3, 0.4) is 0 Å². The minimum Gasteiger partial charge on any atom is -0.414 e. The molecule has 292 valence electrons. The minimum atomic E-state index is -2.05. The molecule has 0 aliphatic heterocycles. The molecule has 0 heterocycles. The number of nitriles is 1. The molecule has 0 aromatic carbocycles. The van der Waals surface area contributed by atoms with Crippen molar-refractivity contribution in [3.63, 3.8) is 0 Å². The predicted octanol–water partition coefficient (Wildman–Crippen LogP) is 12.3. The predicted molar refractivity (Wildman–Crippen MR) is 219 cm³/mol. The second-order valence-electron chi connectivity index (χ2n) is 21.2. The monoisotopic (exact) mass is 742 g/mol. The molecule has 51 heavy (non-hydrogen) atoms. The molecular weight excluding hydrogens is 663 g/mol. The lowest BCUT2D eigenvalue weighted by atomic mass is 9.49. The lowest BCUT2D eigenvalue weighted by molar-refractivity contribution is -0.0675. The Labute approximate surface area is 317 Å². The molecule has 7 heteroatoms. The summed E-state index contributed by atoms with van der Waals surface area (Å²) in [6, 6.07) is 2.69. The number of ether oxygens (including phenoxy) is 2. The average molecular weight is 742 g/mol. The first-order valence-corrected chi connectivity index (χ1v) is 26.6. The van der Waals surface area contributed by atoms with Gasteiger partial charge in [-0.3, -0.25) is 0 Å². The van der Waals surface area contributed by atoms with Crippen LogP contribution in [0.2, 0.25) is 36.3 Å². The van der Waals surface area contributed by atoms with Crippen molar-refractivity contribution in [1.29, 1.82) is 5.26 Å². The van der Waals surface area contributed by atoms with Crippen LogP contribution in [-0.4, -0.2) is 54.3 Å². The molecule has 0 N–H and O–H groups in total. The van der Waals surface area contributed by atoms with E-state index in [-0.39, 0.29) is 33.1 Å². The zero-order valence-electron chi connectivity index (χ0n) is 36.1. The summed E-state index contributed by atoms with van der Waals surface area (Å²) < 4.78 is 26.9. The van der Waals surface area contributed by atoms with Crippen LogP contribution in [0.4, 0.5) is 0 Å². The summed E-state index contributed by atoms with van der Waals surface area (Å²) >= 11 is 0. The Morgan fingerprint density at radius 2 is 1.49 bits per heavy atom.